The summed E-state index contributed by atoms with van der Waals surface area (Å²) in [5.41, 5.74) is 2.04. The molecular formula is C17H22N6O2S. The van der Waals surface area contributed by atoms with Crippen LogP contribution in [0.5, 0.6) is 0 Å². The van der Waals surface area contributed by atoms with Crippen LogP contribution in [0, 0.1) is 0 Å². The minimum absolute atomic E-state index is 0.0646. The number of thioether (sulfide) groups is 1. The third kappa shape index (κ3) is 3.41. The molecule has 0 aliphatic carbocycles. The molecule has 1 saturated heterocycles. The predicted molar refractivity (Wildman–Crippen MR) is 102 cm³/mol. The van der Waals surface area contributed by atoms with Gasteiger partial charge in [-0.3, -0.25) is 4.79 Å². The molecule has 138 valence electrons. The molecule has 2 atom stereocenters. The summed E-state index contributed by atoms with van der Waals surface area (Å²) < 4.78 is 7.24. The van der Waals surface area contributed by atoms with Crippen LogP contribution in [0.15, 0.2) is 23.1 Å². The van der Waals surface area contributed by atoms with Crippen LogP contribution in [-0.4, -0.2) is 58.9 Å². The lowest BCUT2D eigenvalue weighted by Gasteiger charge is -2.23. The first-order valence-corrected chi connectivity index (χ1v) is 9.81. The van der Waals surface area contributed by atoms with E-state index in [9.17, 15) is 4.79 Å². The van der Waals surface area contributed by atoms with E-state index in [0.717, 1.165) is 29.2 Å². The predicted octanol–water partition coefficient (Wildman–Crippen LogP) is 0.941. The molecule has 0 bridgehead atoms. The highest BCUT2D eigenvalue weighted by Gasteiger charge is 2.32. The van der Waals surface area contributed by atoms with Gasteiger partial charge in [0.05, 0.1) is 24.9 Å². The van der Waals surface area contributed by atoms with E-state index in [0.29, 0.717) is 25.0 Å². The standard InChI is InChI=1S/C17H22N6O2S/c1-22(2)17-18-5-3-15(20-17)19-13-8-25-9-14(13)23-16(24)7-11-10-26-6-4-12(11)21-23/h3,5,7,13-14H,4,6,8-10H2,1-2H3,(H,18,19,20). The number of nitrogens with zero attached hydrogens (tertiary/aromatic N) is 5. The quantitative estimate of drug-likeness (QED) is 0.846. The van der Waals surface area contributed by atoms with E-state index >= 15 is 0 Å². The molecule has 4 heterocycles. The molecule has 8 nitrogen and oxygen atoms in total. The second-order valence-corrected chi connectivity index (χ2v) is 7.80. The molecule has 0 radical (unpaired) electrons. The molecule has 2 aliphatic rings. The fraction of sp³-hybridized carbons (Fsp3) is 0.529. The normalized spacial score (nSPS) is 22.1. The van der Waals surface area contributed by atoms with Gasteiger partial charge in [-0.15, -0.1) is 0 Å². The van der Waals surface area contributed by atoms with Crippen LogP contribution in [-0.2, 0) is 16.9 Å². The SMILES string of the molecule is CN(C)c1nccc(NC2COCC2n2nc3c(cc2=O)CSCC3)n1. The maximum Gasteiger partial charge on any atom is 0.267 e. The van der Waals surface area contributed by atoms with Gasteiger partial charge in [-0.2, -0.15) is 21.8 Å². The summed E-state index contributed by atoms with van der Waals surface area (Å²) in [4.78, 5) is 23.2. The van der Waals surface area contributed by atoms with Gasteiger partial charge in [0.1, 0.15) is 11.9 Å². The first-order chi connectivity index (χ1) is 12.6. The van der Waals surface area contributed by atoms with Crippen molar-refractivity contribution in [2.24, 2.45) is 0 Å². The number of hydrogen-bond acceptors (Lipinski definition) is 8. The zero-order valence-electron chi connectivity index (χ0n) is 14.9. The number of aromatic nitrogens is 4. The Morgan fingerprint density at radius 3 is 3.12 bits per heavy atom. The van der Waals surface area contributed by atoms with Gasteiger partial charge in [-0.1, -0.05) is 0 Å². The average Bonchev–Trinajstić information content (AvgIpc) is 3.09. The lowest BCUT2D eigenvalue weighted by molar-refractivity contribution is 0.182. The Morgan fingerprint density at radius 2 is 2.27 bits per heavy atom. The van der Waals surface area contributed by atoms with E-state index in [2.05, 4.69) is 20.4 Å². The van der Waals surface area contributed by atoms with Crippen LogP contribution in [0.1, 0.15) is 17.3 Å². The first kappa shape index (κ1) is 17.3. The van der Waals surface area contributed by atoms with Crippen LogP contribution < -0.4 is 15.8 Å². The Bertz CT molecular complexity index is 855. The highest BCUT2D eigenvalue weighted by atomic mass is 32.2. The zero-order valence-corrected chi connectivity index (χ0v) is 15.7. The number of anilines is 2. The van der Waals surface area contributed by atoms with E-state index in [4.69, 9.17) is 4.74 Å². The van der Waals surface area contributed by atoms with Crippen molar-refractivity contribution in [1.29, 1.82) is 0 Å². The van der Waals surface area contributed by atoms with Gasteiger partial charge in [-0.05, 0) is 17.4 Å². The molecule has 0 saturated carbocycles. The van der Waals surface area contributed by atoms with Crippen LogP contribution in [0.4, 0.5) is 11.8 Å². The largest absolute Gasteiger partial charge is 0.377 e. The number of aryl methyl sites for hydroxylation is 1. The molecule has 1 N–H and O–H groups in total. The van der Waals surface area contributed by atoms with E-state index in [1.807, 2.05) is 36.8 Å². The van der Waals surface area contributed by atoms with Crippen LogP contribution in [0.25, 0.3) is 0 Å². The average molecular weight is 374 g/mol. The van der Waals surface area contributed by atoms with Crippen molar-refractivity contribution < 1.29 is 4.74 Å². The van der Waals surface area contributed by atoms with Gasteiger partial charge in [-0.25, -0.2) is 9.67 Å². The Hall–Kier alpha value is -2.13. The molecule has 2 aromatic rings. The highest BCUT2D eigenvalue weighted by Crippen LogP contribution is 2.25. The van der Waals surface area contributed by atoms with E-state index in [-0.39, 0.29) is 17.6 Å². The molecule has 2 aliphatic heterocycles. The van der Waals surface area contributed by atoms with Gasteiger partial charge in [0.25, 0.3) is 5.56 Å². The van der Waals surface area contributed by atoms with E-state index < -0.39 is 0 Å². The number of fused-ring (bicyclic) bond motifs is 1. The van der Waals surface area contributed by atoms with Gasteiger partial charge in [0, 0.05) is 38.5 Å². The third-order valence-electron chi connectivity index (χ3n) is 4.60. The smallest absolute Gasteiger partial charge is 0.267 e. The van der Waals surface area contributed by atoms with E-state index in [1.165, 1.54) is 0 Å². The molecule has 26 heavy (non-hydrogen) atoms. The molecule has 2 aromatic heterocycles. The van der Waals surface area contributed by atoms with Crippen molar-refractivity contribution in [3.8, 4) is 0 Å². The van der Waals surface area contributed by atoms with Crippen molar-refractivity contribution in [2.75, 3.05) is 43.3 Å². The Balaban J connectivity index is 1.59. The molecular weight excluding hydrogens is 352 g/mol. The van der Waals surface area contributed by atoms with Crippen molar-refractivity contribution >= 4 is 23.5 Å². The summed E-state index contributed by atoms with van der Waals surface area (Å²) in [7, 11) is 3.80. The van der Waals surface area contributed by atoms with Gasteiger partial charge in [0.15, 0.2) is 0 Å². The lowest BCUT2D eigenvalue weighted by Crippen LogP contribution is -2.38. The van der Waals surface area contributed by atoms with Crippen molar-refractivity contribution in [3.05, 3.63) is 39.9 Å². The molecule has 9 heteroatoms. The monoisotopic (exact) mass is 374 g/mol. The van der Waals surface area contributed by atoms with Gasteiger partial charge < -0.3 is 15.0 Å². The fourth-order valence-corrected chi connectivity index (χ4v) is 4.17. The van der Waals surface area contributed by atoms with Gasteiger partial charge in [0.2, 0.25) is 5.95 Å². The minimum Gasteiger partial charge on any atom is -0.377 e. The minimum atomic E-state index is -0.153. The maximum absolute atomic E-state index is 12.6. The van der Waals surface area contributed by atoms with Crippen LogP contribution >= 0.6 is 11.8 Å². The van der Waals surface area contributed by atoms with Gasteiger partial charge >= 0.3 is 0 Å². The molecule has 0 spiro atoms. The van der Waals surface area contributed by atoms with E-state index in [1.54, 1.807) is 16.9 Å². The summed E-state index contributed by atoms with van der Waals surface area (Å²) in [5, 5.41) is 8.05. The maximum atomic E-state index is 12.6. The summed E-state index contributed by atoms with van der Waals surface area (Å²) in [6, 6.07) is 3.34. The number of nitrogens with one attached hydrogen (secondary N) is 1. The zero-order chi connectivity index (χ0) is 18.1. The summed E-state index contributed by atoms with van der Waals surface area (Å²) >= 11 is 1.85. The van der Waals surface area contributed by atoms with Crippen molar-refractivity contribution in [1.82, 2.24) is 19.7 Å². The highest BCUT2D eigenvalue weighted by molar-refractivity contribution is 7.98. The topological polar surface area (TPSA) is 85.2 Å². The Labute approximate surface area is 156 Å². The second kappa shape index (κ2) is 7.24. The number of ether oxygens (including phenoxy) is 1. The molecule has 2 unspecified atom stereocenters. The molecule has 4 rings (SSSR count). The fourth-order valence-electron chi connectivity index (χ4n) is 3.22. The lowest BCUT2D eigenvalue weighted by atomic mass is 10.1. The summed E-state index contributed by atoms with van der Waals surface area (Å²) in [5.74, 6) is 3.27. The summed E-state index contributed by atoms with van der Waals surface area (Å²) in [6.45, 7) is 0.969. The van der Waals surface area contributed by atoms with Crippen molar-refractivity contribution in [3.63, 3.8) is 0 Å². The Kier molecular flexibility index (Phi) is 4.82. The molecule has 0 amide bonds. The third-order valence-corrected chi connectivity index (χ3v) is 5.61. The number of hydrogen-bond donors (Lipinski definition) is 1. The van der Waals surface area contributed by atoms with Crippen molar-refractivity contribution in [2.45, 2.75) is 24.3 Å². The first-order valence-electron chi connectivity index (χ1n) is 8.66. The molecule has 1 fully saturated rings. The summed E-state index contributed by atoms with van der Waals surface area (Å²) in [6.07, 6.45) is 2.63. The number of rotatable bonds is 4. The van der Waals surface area contributed by atoms with Crippen LogP contribution in [0.3, 0.4) is 0 Å². The Morgan fingerprint density at radius 1 is 1.38 bits per heavy atom. The van der Waals surface area contributed by atoms with Crippen LogP contribution in [0.2, 0.25) is 0 Å². The molecule has 0 aromatic carbocycles. The second-order valence-electron chi connectivity index (χ2n) is 6.69.